The van der Waals surface area contributed by atoms with Crippen LogP contribution in [-0.2, 0) is 16.1 Å². The van der Waals surface area contributed by atoms with Gasteiger partial charge in [-0.2, -0.15) is 0 Å². The molecule has 0 fully saturated rings. The molecule has 0 saturated heterocycles. The molecule has 0 aliphatic heterocycles. The van der Waals surface area contributed by atoms with Gasteiger partial charge in [0.15, 0.2) is 0 Å². The van der Waals surface area contributed by atoms with Gasteiger partial charge in [0, 0.05) is 4.88 Å². The Bertz CT molecular complexity index is 900. The number of carbonyl (C=O) groups excluding carboxylic acids is 1. The number of ether oxygens (including phenoxy) is 1. The summed E-state index contributed by atoms with van der Waals surface area (Å²) in [5.41, 5.74) is 3.95. The molecule has 0 saturated carbocycles. The minimum Gasteiger partial charge on any atom is -0.364 e. The average Bonchev–Trinajstić information content (AvgIpc) is 3.11. The predicted molar refractivity (Wildman–Crippen MR) is 98.6 cm³/mol. The van der Waals surface area contributed by atoms with Gasteiger partial charge in [-0.25, -0.2) is 9.97 Å². The third kappa shape index (κ3) is 4.05. The summed E-state index contributed by atoms with van der Waals surface area (Å²) in [6, 6.07) is 5.85. The maximum absolute atomic E-state index is 12.1. The normalized spacial score (nSPS) is 12.5. The fourth-order valence-corrected chi connectivity index (χ4v) is 3.75. The predicted octanol–water partition coefficient (Wildman–Crippen LogP) is 3.34. The Balaban J connectivity index is 1.52. The molecule has 3 aromatic rings. The molecule has 2 aromatic heterocycles. The highest BCUT2D eigenvalue weighted by molar-refractivity contribution is 7.11. The third-order valence-electron chi connectivity index (χ3n) is 3.96. The second-order valence-corrected chi connectivity index (χ2v) is 7.52. The minimum absolute atomic E-state index is 0.0114. The van der Waals surface area contributed by atoms with Crippen molar-refractivity contribution in [3.63, 3.8) is 0 Å². The quantitative estimate of drug-likeness (QED) is 0.708. The number of aromatic amines is 1. The lowest BCUT2D eigenvalue weighted by Gasteiger charge is -2.12. The molecule has 2 heterocycles. The first-order valence-electron chi connectivity index (χ1n) is 8.19. The molecule has 0 spiro atoms. The van der Waals surface area contributed by atoms with E-state index in [9.17, 15) is 4.79 Å². The van der Waals surface area contributed by atoms with Crippen LogP contribution in [0, 0.1) is 20.8 Å². The van der Waals surface area contributed by atoms with Crippen LogP contribution in [0.1, 0.15) is 39.9 Å². The first-order chi connectivity index (χ1) is 11.9. The number of nitrogens with one attached hydrogen (secondary N) is 2. The van der Waals surface area contributed by atoms with Crippen LogP contribution in [0.4, 0.5) is 0 Å². The van der Waals surface area contributed by atoms with Crippen molar-refractivity contribution in [2.75, 3.05) is 6.61 Å². The van der Waals surface area contributed by atoms with Crippen molar-refractivity contribution in [1.29, 1.82) is 0 Å². The fourth-order valence-electron chi connectivity index (χ4n) is 2.83. The largest absolute Gasteiger partial charge is 0.364 e. The third-order valence-corrected chi connectivity index (χ3v) is 4.86. The van der Waals surface area contributed by atoms with E-state index in [1.54, 1.807) is 11.3 Å². The van der Waals surface area contributed by atoms with E-state index in [0.29, 0.717) is 0 Å². The molecule has 0 unspecified atom stereocenters. The smallest absolute Gasteiger partial charge is 0.246 e. The lowest BCUT2D eigenvalue weighted by Crippen LogP contribution is -2.30. The lowest BCUT2D eigenvalue weighted by atomic mass is 10.2. The van der Waals surface area contributed by atoms with Gasteiger partial charge in [-0.15, -0.1) is 11.3 Å². The topological polar surface area (TPSA) is 79.9 Å². The van der Waals surface area contributed by atoms with Gasteiger partial charge in [-0.1, -0.05) is 12.1 Å². The van der Waals surface area contributed by atoms with Crippen molar-refractivity contribution < 1.29 is 9.53 Å². The van der Waals surface area contributed by atoms with E-state index in [2.05, 4.69) is 20.3 Å². The summed E-state index contributed by atoms with van der Waals surface area (Å²) in [5, 5.41) is 3.93. The summed E-state index contributed by atoms with van der Waals surface area (Å²) in [4.78, 5) is 25.4. The zero-order chi connectivity index (χ0) is 18.0. The maximum Gasteiger partial charge on any atom is 0.246 e. The zero-order valence-electron chi connectivity index (χ0n) is 14.8. The van der Waals surface area contributed by atoms with Crippen molar-refractivity contribution in [3.05, 3.63) is 45.2 Å². The van der Waals surface area contributed by atoms with Gasteiger partial charge in [-0.3, -0.25) is 4.79 Å². The molecule has 1 atom stereocenters. The van der Waals surface area contributed by atoms with Gasteiger partial charge in [0.05, 0.1) is 27.8 Å². The van der Waals surface area contributed by atoms with Crippen molar-refractivity contribution in [2.24, 2.45) is 0 Å². The molecule has 2 N–H and O–H groups in total. The lowest BCUT2D eigenvalue weighted by molar-refractivity contribution is -0.126. The standard InChI is InChI=1S/C18H22N4O2S/c1-10-6-5-7-14-17(10)22-15(21-14)8-24-9-16(23)19-11(2)18-12(3)25-13(4)20-18/h5-7,11H,8-9H2,1-4H3,(H,19,23)(H,21,22)/t11-/m0/s1. The molecule has 0 radical (unpaired) electrons. The van der Waals surface area contributed by atoms with Gasteiger partial charge < -0.3 is 15.0 Å². The number of hydrogen-bond acceptors (Lipinski definition) is 5. The van der Waals surface area contributed by atoms with Crippen LogP contribution in [0.5, 0.6) is 0 Å². The van der Waals surface area contributed by atoms with Crippen LogP contribution in [0.15, 0.2) is 18.2 Å². The number of fused-ring (bicyclic) bond motifs is 1. The second-order valence-electron chi connectivity index (χ2n) is 6.11. The number of benzene rings is 1. The van der Waals surface area contributed by atoms with Crippen LogP contribution in [0.3, 0.4) is 0 Å². The summed E-state index contributed by atoms with van der Waals surface area (Å²) < 4.78 is 5.50. The number of aryl methyl sites for hydroxylation is 3. The zero-order valence-corrected chi connectivity index (χ0v) is 15.7. The number of aromatic nitrogens is 3. The summed E-state index contributed by atoms with van der Waals surface area (Å²) >= 11 is 1.64. The monoisotopic (exact) mass is 358 g/mol. The Morgan fingerprint density at radius 2 is 2.12 bits per heavy atom. The van der Waals surface area contributed by atoms with E-state index < -0.39 is 0 Å². The number of carbonyl (C=O) groups is 1. The molecule has 1 aromatic carbocycles. The summed E-state index contributed by atoms with van der Waals surface area (Å²) in [5.74, 6) is 0.556. The minimum atomic E-state index is -0.162. The van der Waals surface area contributed by atoms with E-state index in [1.807, 2.05) is 45.9 Å². The van der Waals surface area contributed by atoms with E-state index in [-0.39, 0.29) is 25.2 Å². The summed E-state index contributed by atoms with van der Waals surface area (Å²) in [7, 11) is 0. The average molecular weight is 358 g/mol. The number of nitrogens with zero attached hydrogens (tertiary/aromatic N) is 2. The Morgan fingerprint density at radius 3 is 2.80 bits per heavy atom. The van der Waals surface area contributed by atoms with Crippen molar-refractivity contribution >= 4 is 28.3 Å². The molecule has 0 aliphatic rings. The number of imidazole rings is 1. The number of hydrogen-bond donors (Lipinski definition) is 2. The van der Waals surface area contributed by atoms with Gasteiger partial charge in [-0.05, 0) is 39.3 Å². The highest BCUT2D eigenvalue weighted by Crippen LogP contribution is 2.22. The first-order valence-corrected chi connectivity index (χ1v) is 9.01. The van der Waals surface area contributed by atoms with Gasteiger partial charge in [0.1, 0.15) is 19.0 Å². The number of rotatable bonds is 6. The van der Waals surface area contributed by atoms with Gasteiger partial charge in [0.25, 0.3) is 0 Å². The molecule has 6 nitrogen and oxygen atoms in total. The molecule has 1 amide bonds. The number of para-hydroxylation sites is 1. The molecular formula is C18H22N4O2S. The number of H-pyrrole nitrogens is 1. The molecular weight excluding hydrogens is 336 g/mol. The van der Waals surface area contributed by atoms with Crippen LogP contribution >= 0.6 is 11.3 Å². The van der Waals surface area contributed by atoms with E-state index in [0.717, 1.165) is 38.0 Å². The molecule has 0 bridgehead atoms. The van der Waals surface area contributed by atoms with Crippen molar-refractivity contribution in [1.82, 2.24) is 20.3 Å². The maximum atomic E-state index is 12.1. The molecule has 25 heavy (non-hydrogen) atoms. The Labute approximate surface area is 150 Å². The fraction of sp³-hybridized carbons (Fsp3) is 0.389. The molecule has 0 aliphatic carbocycles. The van der Waals surface area contributed by atoms with Crippen LogP contribution in [0.2, 0.25) is 0 Å². The highest BCUT2D eigenvalue weighted by atomic mass is 32.1. The Morgan fingerprint density at radius 1 is 1.32 bits per heavy atom. The molecule has 132 valence electrons. The van der Waals surface area contributed by atoms with Gasteiger partial charge in [0.2, 0.25) is 5.91 Å². The molecule has 7 heteroatoms. The molecule has 3 rings (SSSR count). The SMILES string of the molecule is Cc1nc([C@H](C)NC(=O)COCc2nc3c(C)cccc3[nH]2)c(C)s1. The van der Waals surface area contributed by atoms with Crippen LogP contribution in [0.25, 0.3) is 11.0 Å². The highest BCUT2D eigenvalue weighted by Gasteiger charge is 2.15. The Kier molecular flexibility index (Phi) is 5.15. The van der Waals surface area contributed by atoms with Crippen molar-refractivity contribution in [3.8, 4) is 0 Å². The van der Waals surface area contributed by atoms with E-state index in [4.69, 9.17) is 4.74 Å². The van der Waals surface area contributed by atoms with Gasteiger partial charge >= 0.3 is 0 Å². The number of thiazole rings is 1. The second kappa shape index (κ2) is 7.33. The summed E-state index contributed by atoms with van der Waals surface area (Å²) in [6.45, 7) is 8.19. The van der Waals surface area contributed by atoms with Crippen LogP contribution in [-0.4, -0.2) is 27.5 Å². The number of amides is 1. The van der Waals surface area contributed by atoms with E-state index in [1.165, 1.54) is 0 Å². The van der Waals surface area contributed by atoms with Crippen molar-refractivity contribution in [2.45, 2.75) is 40.3 Å². The summed E-state index contributed by atoms with van der Waals surface area (Å²) in [6.07, 6.45) is 0. The van der Waals surface area contributed by atoms with Crippen LogP contribution < -0.4 is 5.32 Å². The first kappa shape index (κ1) is 17.6. The Hall–Kier alpha value is -2.25. The van der Waals surface area contributed by atoms with E-state index >= 15 is 0 Å².